The number of amides is 1. The van der Waals surface area contributed by atoms with Gasteiger partial charge in [-0.15, -0.1) is 0 Å². The van der Waals surface area contributed by atoms with Crippen LogP contribution in [0.1, 0.15) is 26.7 Å². The number of carbonyl (C=O) groups excluding carboxylic acids is 1. The summed E-state index contributed by atoms with van der Waals surface area (Å²) in [6.07, 6.45) is -0.117. The highest BCUT2D eigenvalue weighted by molar-refractivity contribution is 7.89. The van der Waals surface area contributed by atoms with Gasteiger partial charge in [0.1, 0.15) is 0 Å². The second-order valence-electron chi connectivity index (χ2n) is 5.13. The quantitative estimate of drug-likeness (QED) is 0.649. The van der Waals surface area contributed by atoms with Crippen molar-refractivity contribution in [1.82, 2.24) is 9.62 Å². The highest BCUT2D eigenvalue weighted by Crippen LogP contribution is 2.07. The fourth-order valence-electron chi connectivity index (χ4n) is 2.09. The Morgan fingerprint density at radius 2 is 1.95 bits per heavy atom. The maximum absolute atomic E-state index is 12.0. The van der Waals surface area contributed by atoms with E-state index in [0.29, 0.717) is 32.7 Å². The monoisotopic (exact) mass is 308 g/mol. The van der Waals surface area contributed by atoms with Crippen LogP contribution in [-0.4, -0.2) is 67.9 Å². The lowest BCUT2D eigenvalue weighted by Crippen LogP contribution is -2.43. The van der Waals surface area contributed by atoms with Gasteiger partial charge in [0.2, 0.25) is 15.9 Å². The summed E-state index contributed by atoms with van der Waals surface area (Å²) in [6.45, 7) is 4.92. The number of nitrogens with zero attached hydrogens (tertiary/aromatic N) is 1. The molecular weight excluding hydrogens is 284 g/mol. The SMILES string of the molecule is CC(O)CC(C)NC(=O)CCS(=O)(=O)N1CCOCC1. The molecule has 0 aromatic heterocycles. The highest BCUT2D eigenvalue weighted by Gasteiger charge is 2.25. The Morgan fingerprint density at radius 3 is 2.50 bits per heavy atom. The van der Waals surface area contributed by atoms with E-state index in [0.717, 1.165) is 0 Å². The van der Waals surface area contributed by atoms with Crippen molar-refractivity contribution in [3.8, 4) is 0 Å². The van der Waals surface area contributed by atoms with Gasteiger partial charge in [0.05, 0.1) is 25.1 Å². The molecule has 1 fully saturated rings. The van der Waals surface area contributed by atoms with Crippen LogP contribution in [0.2, 0.25) is 0 Å². The summed E-state index contributed by atoms with van der Waals surface area (Å²) in [4.78, 5) is 11.7. The number of rotatable bonds is 7. The zero-order valence-corrected chi connectivity index (χ0v) is 12.9. The molecule has 1 aliphatic rings. The molecular formula is C12H24N2O5S. The van der Waals surface area contributed by atoms with Gasteiger partial charge in [0.25, 0.3) is 0 Å². The molecule has 0 saturated carbocycles. The van der Waals surface area contributed by atoms with Crippen LogP contribution in [0.15, 0.2) is 0 Å². The number of aliphatic hydroxyl groups is 1. The van der Waals surface area contributed by atoms with Crippen LogP contribution in [0.3, 0.4) is 0 Å². The van der Waals surface area contributed by atoms with E-state index in [1.165, 1.54) is 4.31 Å². The van der Waals surface area contributed by atoms with Gasteiger partial charge in [-0.25, -0.2) is 8.42 Å². The molecule has 1 aliphatic heterocycles. The first-order chi connectivity index (χ1) is 9.31. The lowest BCUT2D eigenvalue weighted by molar-refractivity contribution is -0.121. The van der Waals surface area contributed by atoms with Crippen molar-refractivity contribution in [2.45, 2.75) is 38.8 Å². The number of sulfonamides is 1. The largest absolute Gasteiger partial charge is 0.393 e. The Morgan fingerprint density at radius 1 is 1.35 bits per heavy atom. The molecule has 2 N–H and O–H groups in total. The van der Waals surface area contributed by atoms with Gasteiger partial charge in [0.15, 0.2) is 0 Å². The second-order valence-corrected chi connectivity index (χ2v) is 7.22. The van der Waals surface area contributed by atoms with Crippen molar-refractivity contribution in [3.63, 3.8) is 0 Å². The number of ether oxygens (including phenoxy) is 1. The number of hydrogen-bond donors (Lipinski definition) is 2. The van der Waals surface area contributed by atoms with Crippen LogP contribution >= 0.6 is 0 Å². The maximum atomic E-state index is 12.0. The van der Waals surface area contributed by atoms with Crippen molar-refractivity contribution in [2.24, 2.45) is 0 Å². The lowest BCUT2D eigenvalue weighted by atomic mass is 10.1. The third kappa shape index (κ3) is 6.17. The first kappa shape index (κ1) is 17.4. The van der Waals surface area contributed by atoms with E-state index in [2.05, 4.69) is 5.32 Å². The van der Waals surface area contributed by atoms with Crippen LogP contribution < -0.4 is 5.32 Å². The molecule has 20 heavy (non-hydrogen) atoms. The summed E-state index contributed by atoms with van der Waals surface area (Å²) < 4.78 is 30.5. The highest BCUT2D eigenvalue weighted by atomic mass is 32.2. The third-order valence-electron chi connectivity index (χ3n) is 3.05. The Balaban J connectivity index is 2.35. The van der Waals surface area contributed by atoms with Gasteiger partial charge >= 0.3 is 0 Å². The van der Waals surface area contributed by atoms with Crippen molar-refractivity contribution in [1.29, 1.82) is 0 Å². The summed E-state index contributed by atoms with van der Waals surface area (Å²) in [6, 6.07) is -0.173. The van der Waals surface area contributed by atoms with Crippen molar-refractivity contribution in [3.05, 3.63) is 0 Å². The first-order valence-corrected chi connectivity index (χ1v) is 8.45. The van der Waals surface area contributed by atoms with Gasteiger partial charge in [-0.2, -0.15) is 4.31 Å². The topological polar surface area (TPSA) is 95.9 Å². The molecule has 118 valence electrons. The summed E-state index contributed by atoms with van der Waals surface area (Å²) >= 11 is 0. The fourth-order valence-corrected chi connectivity index (χ4v) is 3.50. The molecule has 0 aromatic carbocycles. The fraction of sp³-hybridized carbons (Fsp3) is 0.917. The summed E-state index contributed by atoms with van der Waals surface area (Å²) in [5.41, 5.74) is 0. The molecule has 0 bridgehead atoms. The Bertz CT molecular complexity index is 404. The van der Waals surface area contributed by atoms with Crippen LogP contribution in [0, 0.1) is 0 Å². The molecule has 7 nitrogen and oxygen atoms in total. The summed E-state index contributed by atoms with van der Waals surface area (Å²) in [5.74, 6) is -0.504. The van der Waals surface area contributed by atoms with Gasteiger partial charge in [-0.1, -0.05) is 0 Å². The van der Waals surface area contributed by atoms with Crippen molar-refractivity contribution >= 4 is 15.9 Å². The van der Waals surface area contributed by atoms with Crippen LogP contribution in [0.25, 0.3) is 0 Å². The van der Waals surface area contributed by atoms with E-state index in [1.54, 1.807) is 13.8 Å². The van der Waals surface area contributed by atoms with E-state index in [1.807, 2.05) is 0 Å². The Labute approximate surface area is 120 Å². The zero-order chi connectivity index (χ0) is 15.2. The van der Waals surface area contributed by atoms with E-state index in [9.17, 15) is 18.3 Å². The standard InChI is InChI=1S/C12H24N2O5S/c1-10(9-11(2)15)13-12(16)3-8-20(17,18)14-4-6-19-7-5-14/h10-11,15H,3-9H2,1-2H3,(H,13,16). The average molecular weight is 308 g/mol. The molecule has 0 radical (unpaired) electrons. The Kier molecular flexibility index (Phi) is 6.87. The predicted octanol–water partition coefficient (Wildman–Crippen LogP) is -0.686. The van der Waals surface area contributed by atoms with E-state index in [-0.39, 0.29) is 24.1 Å². The summed E-state index contributed by atoms with van der Waals surface area (Å²) in [5, 5.41) is 11.9. The van der Waals surface area contributed by atoms with Crippen LogP contribution in [0.4, 0.5) is 0 Å². The second kappa shape index (κ2) is 7.92. The normalized spacial score (nSPS) is 20.4. The minimum Gasteiger partial charge on any atom is -0.393 e. The Hall–Kier alpha value is -0.700. The molecule has 0 aliphatic carbocycles. The van der Waals surface area contributed by atoms with Gasteiger partial charge in [-0.05, 0) is 20.3 Å². The van der Waals surface area contributed by atoms with E-state index < -0.39 is 16.1 Å². The molecule has 8 heteroatoms. The lowest BCUT2D eigenvalue weighted by Gasteiger charge is -2.26. The van der Waals surface area contributed by atoms with Gasteiger partial charge in [-0.3, -0.25) is 4.79 Å². The molecule has 1 heterocycles. The third-order valence-corrected chi connectivity index (χ3v) is 4.92. The zero-order valence-electron chi connectivity index (χ0n) is 12.0. The minimum atomic E-state index is -3.39. The number of morpholine rings is 1. The maximum Gasteiger partial charge on any atom is 0.221 e. The molecule has 1 amide bonds. The molecule has 1 saturated heterocycles. The van der Waals surface area contributed by atoms with Gasteiger partial charge < -0.3 is 15.2 Å². The number of aliphatic hydroxyl groups excluding tert-OH is 1. The van der Waals surface area contributed by atoms with Crippen LogP contribution in [-0.2, 0) is 19.6 Å². The summed E-state index contributed by atoms with van der Waals surface area (Å²) in [7, 11) is -3.39. The predicted molar refractivity (Wildman–Crippen MR) is 74.7 cm³/mol. The molecule has 1 rings (SSSR count). The average Bonchev–Trinajstić information content (AvgIpc) is 2.36. The van der Waals surface area contributed by atoms with Crippen LogP contribution in [0.5, 0.6) is 0 Å². The molecule has 2 atom stereocenters. The minimum absolute atomic E-state index is 0.0656. The van der Waals surface area contributed by atoms with E-state index in [4.69, 9.17) is 4.74 Å². The van der Waals surface area contributed by atoms with Crippen molar-refractivity contribution in [2.75, 3.05) is 32.1 Å². The number of nitrogens with one attached hydrogen (secondary N) is 1. The molecule has 0 aromatic rings. The van der Waals surface area contributed by atoms with E-state index >= 15 is 0 Å². The smallest absolute Gasteiger partial charge is 0.221 e. The first-order valence-electron chi connectivity index (χ1n) is 6.84. The number of carbonyl (C=O) groups is 1. The molecule has 2 unspecified atom stereocenters. The van der Waals surface area contributed by atoms with Gasteiger partial charge in [0, 0.05) is 25.6 Å². The number of hydrogen-bond acceptors (Lipinski definition) is 5. The van der Waals surface area contributed by atoms with Crippen molar-refractivity contribution < 1.29 is 23.1 Å². The molecule has 0 spiro atoms.